The van der Waals surface area contributed by atoms with Crippen molar-refractivity contribution in [1.82, 2.24) is 4.90 Å². The summed E-state index contributed by atoms with van der Waals surface area (Å²) in [5.74, 6) is 2.64. The highest BCUT2D eigenvalue weighted by Crippen LogP contribution is 2.39. The maximum absolute atomic E-state index is 12.3. The molecular weight excluding hydrogens is 433 g/mol. The molecule has 0 aliphatic carbocycles. The van der Waals surface area contributed by atoms with Crippen molar-refractivity contribution in [3.05, 3.63) is 62.5 Å². The number of hydrogen-bond donors (Lipinski definition) is 0. The summed E-state index contributed by atoms with van der Waals surface area (Å²) in [6.45, 7) is 0.209. The van der Waals surface area contributed by atoms with Gasteiger partial charge in [-0.05, 0) is 53.2 Å². The molecule has 0 N–H and O–H groups in total. The van der Waals surface area contributed by atoms with Crippen molar-refractivity contribution in [3.63, 3.8) is 0 Å². The van der Waals surface area contributed by atoms with Gasteiger partial charge < -0.3 is 9.47 Å². The maximum atomic E-state index is 12.3. The predicted octanol–water partition coefficient (Wildman–Crippen LogP) is 5.25. The Bertz CT molecular complexity index is 1030. The fraction of sp³-hybridized carbons (Fsp3) is 0.143. The summed E-state index contributed by atoms with van der Waals surface area (Å²) < 4.78 is 11.2. The third kappa shape index (κ3) is 4.88. The number of ether oxygens (including phenoxy) is 2. The maximum Gasteiger partial charge on any atom is 0.294 e. The van der Waals surface area contributed by atoms with Crippen LogP contribution in [0.2, 0.25) is 10.0 Å². The second-order valence-electron chi connectivity index (χ2n) is 5.92. The number of benzene rings is 2. The van der Waals surface area contributed by atoms with E-state index in [9.17, 15) is 9.59 Å². The van der Waals surface area contributed by atoms with Crippen LogP contribution in [0.15, 0.2) is 41.3 Å². The summed E-state index contributed by atoms with van der Waals surface area (Å²) in [5.41, 5.74) is 1.51. The SMILES string of the molecule is C#CCN1C(=O)SC(=Cc2cc(Cl)c(OCc3ccc(Cl)cc3)c(OC)c2)C1=O. The van der Waals surface area contributed by atoms with Crippen LogP contribution in [-0.4, -0.2) is 29.7 Å². The topological polar surface area (TPSA) is 55.8 Å². The van der Waals surface area contributed by atoms with E-state index in [2.05, 4.69) is 5.92 Å². The molecule has 1 fully saturated rings. The van der Waals surface area contributed by atoms with Gasteiger partial charge in [0.15, 0.2) is 11.5 Å². The molecule has 0 atom stereocenters. The molecule has 2 aromatic carbocycles. The lowest BCUT2D eigenvalue weighted by Crippen LogP contribution is -2.28. The number of imide groups is 1. The van der Waals surface area contributed by atoms with Crippen LogP contribution in [0.1, 0.15) is 11.1 Å². The Hall–Kier alpha value is -2.59. The number of nitrogens with zero attached hydrogens (tertiary/aromatic N) is 1. The molecule has 1 aliphatic heterocycles. The highest BCUT2D eigenvalue weighted by atomic mass is 35.5. The monoisotopic (exact) mass is 447 g/mol. The van der Waals surface area contributed by atoms with E-state index in [1.165, 1.54) is 7.11 Å². The molecule has 2 amide bonds. The molecule has 2 aromatic rings. The number of carbonyl (C=O) groups is 2. The Morgan fingerprint density at radius 3 is 2.59 bits per heavy atom. The Morgan fingerprint density at radius 1 is 1.21 bits per heavy atom. The van der Waals surface area contributed by atoms with Crippen molar-refractivity contribution < 1.29 is 19.1 Å². The molecule has 8 heteroatoms. The first-order chi connectivity index (χ1) is 13.9. The summed E-state index contributed by atoms with van der Waals surface area (Å²) in [4.78, 5) is 25.5. The minimum absolute atomic E-state index is 0.0659. The van der Waals surface area contributed by atoms with Crippen molar-refractivity contribution in [1.29, 1.82) is 0 Å². The molecular formula is C21H15Cl2NO4S. The first-order valence-electron chi connectivity index (χ1n) is 8.36. The molecule has 3 rings (SSSR count). The number of carbonyl (C=O) groups excluding carboxylic acids is 2. The van der Waals surface area contributed by atoms with Gasteiger partial charge in [-0.15, -0.1) is 6.42 Å². The fourth-order valence-electron chi connectivity index (χ4n) is 2.58. The molecule has 29 heavy (non-hydrogen) atoms. The number of halogens is 2. The molecule has 0 aromatic heterocycles. The predicted molar refractivity (Wildman–Crippen MR) is 115 cm³/mol. The average Bonchev–Trinajstić information content (AvgIpc) is 2.96. The summed E-state index contributed by atoms with van der Waals surface area (Å²) >= 11 is 13.1. The van der Waals surface area contributed by atoms with E-state index in [1.807, 2.05) is 12.1 Å². The Kier molecular flexibility index (Phi) is 6.75. The van der Waals surface area contributed by atoms with E-state index in [0.29, 0.717) is 27.1 Å². The van der Waals surface area contributed by atoms with Gasteiger partial charge in [0.2, 0.25) is 0 Å². The van der Waals surface area contributed by atoms with Crippen LogP contribution >= 0.6 is 35.0 Å². The van der Waals surface area contributed by atoms with E-state index in [-0.39, 0.29) is 18.1 Å². The van der Waals surface area contributed by atoms with Gasteiger partial charge in [-0.3, -0.25) is 14.5 Å². The van der Waals surface area contributed by atoms with Crippen molar-refractivity contribution >= 4 is 52.2 Å². The zero-order chi connectivity index (χ0) is 21.0. The molecule has 0 unspecified atom stereocenters. The third-order valence-corrected chi connectivity index (χ3v) is 5.41. The summed E-state index contributed by atoms with van der Waals surface area (Å²) in [6, 6.07) is 10.6. The van der Waals surface area contributed by atoms with E-state index in [4.69, 9.17) is 39.1 Å². The van der Waals surface area contributed by atoms with Crippen LogP contribution < -0.4 is 9.47 Å². The molecule has 5 nitrogen and oxygen atoms in total. The highest BCUT2D eigenvalue weighted by molar-refractivity contribution is 8.18. The molecule has 0 spiro atoms. The number of rotatable bonds is 6. The first kappa shape index (κ1) is 21.1. The van der Waals surface area contributed by atoms with Gasteiger partial charge in [-0.2, -0.15) is 0 Å². The van der Waals surface area contributed by atoms with E-state index < -0.39 is 11.1 Å². The quantitative estimate of drug-likeness (QED) is 0.446. The van der Waals surface area contributed by atoms with E-state index in [0.717, 1.165) is 22.2 Å². The zero-order valence-electron chi connectivity index (χ0n) is 15.3. The minimum Gasteiger partial charge on any atom is -0.493 e. The average molecular weight is 448 g/mol. The standard InChI is InChI=1S/C21H15Cl2NO4S/c1-3-8-24-20(25)18(29-21(24)26)11-14-9-16(23)19(17(10-14)27-2)28-12-13-4-6-15(22)7-5-13/h1,4-7,9-11H,8,12H2,2H3. The normalized spacial score (nSPS) is 15.0. The van der Waals surface area contributed by atoms with Crippen LogP contribution in [0, 0.1) is 12.3 Å². The lowest BCUT2D eigenvalue weighted by Gasteiger charge is -2.13. The Labute approximate surface area is 182 Å². The second-order valence-corrected chi connectivity index (χ2v) is 7.76. The smallest absolute Gasteiger partial charge is 0.294 e. The number of hydrogen-bond acceptors (Lipinski definition) is 5. The van der Waals surface area contributed by atoms with Crippen molar-refractivity contribution in [3.8, 4) is 23.8 Å². The Morgan fingerprint density at radius 2 is 1.93 bits per heavy atom. The second kappa shape index (κ2) is 9.27. The van der Waals surface area contributed by atoms with Crippen LogP contribution in [0.25, 0.3) is 6.08 Å². The lowest BCUT2D eigenvalue weighted by atomic mass is 10.1. The number of thioether (sulfide) groups is 1. The summed E-state index contributed by atoms with van der Waals surface area (Å²) in [6.07, 6.45) is 6.77. The van der Waals surface area contributed by atoms with Crippen LogP contribution in [0.5, 0.6) is 11.5 Å². The Balaban J connectivity index is 1.83. The number of terminal acetylenes is 1. The highest BCUT2D eigenvalue weighted by Gasteiger charge is 2.34. The molecule has 1 heterocycles. The first-order valence-corrected chi connectivity index (χ1v) is 9.93. The minimum atomic E-state index is -0.434. The molecule has 1 aliphatic rings. The summed E-state index contributed by atoms with van der Waals surface area (Å²) in [7, 11) is 1.49. The molecule has 1 saturated heterocycles. The largest absolute Gasteiger partial charge is 0.493 e. The van der Waals surface area contributed by atoms with Gasteiger partial charge in [-0.25, -0.2) is 0 Å². The van der Waals surface area contributed by atoms with Gasteiger partial charge in [0.05, 0.1) is 23.6 Å². The number of methoxy groups -OCH3 is 1. The van der Waals surface area contributed by atoms with E-state index >= 15 is 0 Å². The van der Waals surface area contributed by atoms with Gasteiger partial charge in [0.25, 0.3) is 11.1 Å². The fourth-order valence-corrected chi connectivity index (χ4v) is 3.82. The van der Waals surface area contributed by atoms with Gasteiger partial charge >= 0.3 is 0 Å². The van der Waals surface area contributed by atoms with Crippen molar-refractivity contribution in [2.45, 2.75) is 6.61 Å². The van der Waals surface area contributed by atoms with Crippen molar-refractivity contribution in [2.24, 2.45) is 0 Å². The number of amides is 2. The van der Waals surface area contributed by atoms with Crippen LogP contribution in [-0.2, 0) is 11.4 Å². The van der Waals surface area contributed by atoms with E-state index in [1.54, 1.807) is 30.3 Å². The van der Waals surface area contributed by atoms with Gasteiger partial charge in [-0.1, -0.05) is 41.3 Å². The van der Waals surface area contributed by atoms with Gasteiger partial charge in [0, 0.05) is 5.02 Å². The summed E-state index contributed by atoms with van der Waals surface area (Å²) in [5, 5.41) is 0.549. The third-order valence-electron chi connectivity index (χ3n) is 3.97. The lowest BCUT2D eigenvalue weighted by molar-refractivity contribution is -0.122. The van der Waals surface area contributed by atoms with Crippen LogP contribution in [0.4, 0.5) is 4.79 Å². The zero-order valence-corrected chi connectivity index (χ0v) is 17.6. The van der Waals surface area contributed by atoms with Crippen molar-refractivity contribution in [2.75, 3.05) is 13.7 Å². The molecule has 0 saturated carbocycles. The molecule has 0 radical (unpaired) electrons. The van der Waals surface area contributed by atoms with Gasteiger partial charge in [0.1, 0.15) is 6.61 Å². The molecule has 148 valence electrons. The van der Waals surface area contributed by atoms with Crippen LogP contribution in [0.3, 0.4) is 0 Å². The molecule has 0 bridgehead atoms.